The van der Waals surface area contributed by atoms with E-state index in [1.165, 1.54) is 0 Å². The van der Waals surface area contributed by atoms with Gasteiger partial charge in [0.15, 0.2) is 21.9 Å². The van der Waals surface area contributed by atoms with Gasteiger partial charge in [-0.25, -0.2) is 22.9 Å². The van der Waals surface area contributed by atoms with Crippen molar-refractivity contribution in [3.05, 3.63) is 41.2 Å². The molecular formula is C31H41N5O5S2. The molecule has 1 atom stereocenters. The molecule has 1 aromatic carbocycles. The van der Waals surface area contributed by atoms with Crippen molar-refractivity contribution in [3.8, 4) is 10.4 Å². The minimum atomic E-state index is -3.48. The normalized spacial score (nSPS) is 22.8. The summed E-state index contributed by atoms with van der Waals surface area (Å²) in [5.41, 5.74) is 2.38. The molecule has 1 amide bonds. The molecule has 0 radical (unpaired) electrons. The van der Waals surface area contributed by atoms with Gasteiger partial charge in [-0.05, 0) is 90.7 Å². The maximum absolute atomic E-state index is 13.6. The maximum atomic E-state index is 13.6. The van der Waals surface area contributed by atoms with Gasteiger partial charge in [-0.3, -0.25) is 0 Å². The molecule has 10 nitrogen and oxygen atoms in total. The number of thiazole rings is 1. The quantitative estimate of drug-likeness (QED) is 0.264. The van der Waals surface area contributed by atoms with E-state index in [1.807, 2.05) is 49.8 Å². The number of alkyl carbamates (subject to hydrolysis) is 1. The first kappa shape index (κ1) is 30.1. The zero-order valence-corrected chi connectivity index (χ0v) is 26.7. The Hall–Kier alpha value is -2.96. The third-order valence-corrected chi connectivity index (χ3v) is 11.9. The van der Waals surface area contributed by atoms with Gasteiger partial charge in [0.2, 0.25) is 0 Å². The largest absolute Gasteiger partial charge is 0.447 e. The fraction of sp³-hybridized carbons (Fsp3) is 0.581. The van der Waals surface area contributed by atoms with E-state index < -0.39 is 9.84 Å². The van der Waals surface area contributed by atoms with E-state index in [4.69, 9.17) is 19.6 Å². The molecule has 12 heteroatoms. The van der Waals surface area contributed by atoms with E-state index in [0.717, 1.165) is 67.1 Å². The van der Waals surface area contributed by atoms with Crippen LogP contribution in [0.1, 0.15) is 94.5 Å². The van der Waals surface area contributed by atoms with Gasteiger partial charge in [-0.1, -0.05) is 6.07 Å². The Morgan fingerprint density at radius 3 is 2.58 bits per heavy atom. The van der Waals surface area contributed by atoms with E-state index in [0.29, 0.717) is 34.8 Å². The highest BCUT2D eigenvalue weighted by molar-refractivity contribution is 7.92. The number of rotatable bonds is 9. The highest BCUT2D eigenvalue weighted by Gasteiger charge is 2.39. The number of nitrogens with one attached hydrogen (secondary N) is 2. The fourth-order valence-corrected chi connectivity index (χ4v) is 9.08. The van der Waals surface area contributed by atoms with Crippen molar-refractivity contribution in [2.75, 3.05) is 11.9 Å². The molecule has 3 heterocycles. The van der Waals surface area contributed by atoms with Crippen molar-refractivity contribution in [2.24, 2.45) is 0 Å². The molecule has 0 bridgehead atoms. The van der Waals surface area contributed by atoms with Crippen LogP contribution in [0.4, 0.5) is 16.3 Å². The molecule has 2 saturated carbocycles. The minimum Gasteiger partial charge on any atom is -0.447 e. The first-order valence-electron chi connectivity index (χ1n) is 15.4. The predicted molar refractivity (Wildman–Crippen MR) is 167 cm³/mol. The van der Waals surface area contributed by atoms with Crippen molar-refractivity contribution >= 4 is 38.8 Å². The number of anilines is 2. The number of nitrogens with zero attached hydrogens (tertiary/aromatic N) is 3. The van der Waals surface area contributed by atoms with Crippen molar-refractivity contribution in [1.82, 2.24) is 20.1 Å². The number of aromatic nitrogens is 3. The number of hydrogen-bond acceptors (Lipinski definition) is 9. The fourth-order valence-electron chi connectivity index (χ4n) is 6.00. The maximum Gasteiger partial charge on any atom is 0.407 e. The molecule has 3 fully saturated rings. The standard InChI is InChI=1S/C31H41N5O5S2/c1-19(2)41-31(37)34-22-9-7-21(8-10-22)30-32-18-26(42-30)25-14-11-23(17-27(25)43(38,39)24-12-13-24)33-28-16-20(3)36(35-28)29-6-4-5-15-40-29/h11,14,16-19,21-22,24,29H,4-10,12-13,15H2,1-3H3,(H,33,35)(H,34,37). The van der Waals surface area contributed by atoms with E-state index in [2.05, 4.69) is 10.6 Å². The molecule has 1 saturated heterocycles. The molecule has 232 valence electrons. The summed E-state index contributed by atoms with van der Waals surface area (Å²) in [5.74, 6) is 0.950. The lowest BCUT2D eigenvalue weighted by molar-refractivity contribution is -0.0404. The molecule has 6 rings (SSSR count). The Morgan fingerprint density at radius 1 is 1.09 bits per heavy atom. The number of carbonyl (C=O) groups is 1. The number of carbonyl (C=O) groups excluding carboxylic acids is 1. The lowest BCUT2D eigenvalue weighted by atomic mass is 9.86. The zero-order valence-electron chi connectivity index (χ0n) is 25.0. The SMILES string of the molecule is Cc1cc(Nc2ccc(-c3cnc(C4CCC(NC(=O)OC(C)C)CC4)s3)c(S(=O)(=O)C3CC3)c2)nn1C1CCCCO1. The summed E-state index contributed by atoms with van der Waals surface area (Å²) < 4.78 is 40.3. The van der Waals surface area contributed by atoms with Crippen LogP contribution in [-0.2, 0) is 19.3 Å². The van der Waals surface area contributed by atoms with Crippen LogP contribution < -0.4 is 10.6 Å². The molecule has 1 unspecified atom stereocenters. The highest BCUT2D eigenvalue weighted by atomic mass is 32.2. The number of sulfone groups is 1. The second-order valence-corrected chi connectivity index (χ2v) is 15.5. The summed E-state index contributed by atoms with van der Waals surface area (Å²) in [6, 6.07) is 7.63. The van der Waals surface area contributed by atoms with Gasteiger partial charge in [0.05, 0.1) is 26.1 Å². The minimum absolute atomic E-state index is 0.0642. The zero-order chi connectivity index (χ0) is 30.1. The molecule has 0 spiro atoms. The average Bonchev–Trinajstić information content (AvgIpc) is 3.64. The predicted octanol–water partition coefficient (Wildman–Crippen LogP) is 6.85. The molecule has 3 aromatic rings. The van der Waals surface area contributed by atoms with Crippen LogP contribution in [0.5, 0.6) is 0 Å². The highest BCUT2D eigenvalue weighted by Crippen LogP contribution is 2.43. The van der Waals surface area contributed by atoms with E-state index >= 15 is 0 Å². The van der Waals surface area contributed by atoms with Gasteiger partial charge in [0, 0.05) is 47.8 Å². The average molecular weight is 628 g/mol. The first-order chi connectivity index (χ1) is 20.7. The van der Waals surface area contributed by atoms with E-state index in [9.17, 15) is 13.2 Å². The molecular weight excluding hydrogens is 587 g/mol. The van der Waals surface area contributed by atoms with Crippen molar-refractivity contribution in [2.45, 2.75) is 113 Å². The summed E-state index contributed by atoms with van der Waals surface area (Å²) in [5, 5.41) is 11.7. The lowest BCUT2D eigenvalue weighted by Gasteiger charge is -2.28. The molecule has 2 N–H and O–H groups in total. The Labute approximate surface area is 257 Å². The Kier molecular flexibility index (Phi) is 8.79. The van der Waals surface area contributed by atoms with Crippen LogP contribution >= 0.6 is 11.3 Å². The molecule has 2 aromatic heterocycles. The number of ether oxygens (including phenoxy) is 2. The number of hydrogen-bond donors (Lipinski definition) is 2. The summed E-state index contributed by atoms with van der Waals surface area (Å²) in [6.45, 7) is 6.42. The first-order valence-corrected chi connectivity index (χ1v) is 17.8. The van der Waals surface area contributed by atoms with Gasteiger partial charge in [-0.2, -0.15) is 5.10 Å². The van der Waals surface area contributed by atoms with Crippen LogP contribution in [0.2, 0.25) is 0 Å². The molecule has 43 heavy (non-hydrogen) atoms. The Balaban J connectivity index is 1.19. The lowest BCUT2D eigenvalue weighted by Crippen LogP contribution is -2.38. The smallest absolute Gasteiger partial charge is 0.407 e. The summed E-state index contributed by atoms with van der Waals surface area (Å²) in [6.07, 6.45) is 9.29. The van der Waals surface area contributed by atoms with Gasteiger partial charge in [0.25, 0.3) is 0 Å². The van der Waals surface area contributed by atoms with Crippen molar-refractivity contribution in [1.29, 1.82) is 0 Å². The second kappa shape index (κ2) is 12.6. The number of benzene rings is 1. The summed E-state index contributed by atoms with van der Waals surface area (Å²) in [4.78, 5) is 17.9. The van der Waals surface area contributed by atoms with Gasteiger partial charge in [0.1, 0.15) is 0 Å². The summed E-state index contributed by atoms with van der Waals surface area (Å²) in [7, 11) is -3.48. The van der Waals surface area contributed by atoms with Gasteiger partial charge >= 0.3 is 6.09 Å². The van der Waals surface area contributed by atoms with E-state index in [-0.39, 0.29) is 35.6 Å². The molecule has 2 aliphatic carbocycles. The van der Waals surface area contributed by atoms with Crippen molar-refractivity contribution < 1.29 is 22.7 Å². The van der Waals surface area contributed by atoms with Gasteiger partial charge < -0.3 is 20.1 Å². The van der Waals surface area contributed by atoms with Crippen LogP contribution in [0.3, 0.4) is 0 Å². The van der Waals surface area contributed by atoms with Crippen LogP contribution in [0.25, 0.3) is 10.4 Å². The third kappa shape index (κ3) is 6.91. The third-order valence-electron chi connectivity index (χ3n) is 8.40. The second-order valence-electron chi connectivity index (χ2n) is 12.2. The topological polar surface area (TPSA) is 124 Å². The number of aryl methyl sites for hydroxylation is 1. The Morgan fingerprint density at radius 2 is 1.88 bits per heavy atom. The molecule has 1 aliphatic heterocycles. The van der Waals surface area contributed by atoms with Crippen molar-refractivity contribution in [3.63, 3.8) is 0 Å². The van der Waals surface area contributed by atoms with Gasteiger partial charge in [-0.15, -0.1) is 11.3 Å². The van der Waals surface area contributed by atoms with E-state index in [1.54, 1.807) is 17.4 Å². The summed E-state index contributed by atoms with van der Waals surface area (Å²) >= 11 is 1.57. The number of amides is 1. The Bertz CT molecular complexity index is 1550. The van der Waals surface area contributed by atoms with Crippen LogP contribution in [0, 0.1) is 6.92 Å². The van der Waals surface area contributed by atoms with Crippen LogP contribution in [-0.4, -0.2) is 53.3 Å². The monoisotopic (exact) mass is 627 g/mol. The molecule has 3 aliphatic rings. The van der Waals surface area contributed by atoms with Crippen LogP contribution in [0.15, 0.2) is 35.4 Å².